The number of rotatable bonds is 5. The van der Waals surface area contributed by atoms with Crippen LogP contribution in [0.25, 0.3) is 0 Å². The molecule has 0 aromatic carbocycles. The molecule has 0 amide bonds. The van der Waals surface area contributed by atoms with Crippen molar-refractivity contribution in [2.45, 2.75) is 36.9 Å². The van der Waals surface area contributed by atoms with Crippen LogP contribution in [0.1, 0.15) is 32.1 Å². The largest absolute Gasteiger partial charge is 0.475 e. The average Bonchev–Trinajstić information content (AvgIpc) is 3.13. The van der Waals surface area contributed by atoms with E-state index in [1.165, 1.54) is 44.0 Å². The molecule has 138 valence electrons. The van der Waals surface area contributed by atoms with Gasteiger partial charge in [-0.3, -0.25) is 4.90 Å². The van der Waals surface area contributed by atoms with Gasteiger partial charge in [-0.2, -0.15) is 0 Å². The Labute approximate surface area is 148 Å². The van der Waals surface area contributed by atoms with Gasteiger partial charge in [-0.15, -0.1) is 0 Å². The van der Waals surface area contributed by atoms with Gasteiger partial charge >= 0.3 is 0 Å². The zero-order valence-electron chi connectivity index (χ0n) is 14.4. The number of aromatic nitrogens is 1. The van der Waals surface area contributed by atoms with Crippen LogP contribution in [0.15, 0.2) is 18.3 Å². The van der Waals surface area contributed by atoms with Gasteiger partial charge in [0, 0.05) is 31.7 Å². The van der Waals surface area contributed by atoms with E-state index in [1.54, 1.807) is 0 Å². The maximum Gasteiger partial charge on any atom is 0.250 e. The lowest BCUT2D eigenvalue weighted by Crippen LogP contribution is -2.68. The molecule has 3 heterocycles. The summed E-state index contributed by atoms with van der Waals surface area (Å²) in [5, 5.41) is 0. The Kier molecular flexibility index (Phi) is 4.48. The summed E-state index contributed by atoms with van der Waals surface area (Å²) in [4.78, 5) is 6.18. The smallest absolute Gasteiger partial charge is 0.250 e. The highest BCUT2D eigenvalue weighted by atomic mass is 32.2. The van der Waals surface area contributed by atoms with Gasteiger partial charge in [0.2, 0.25) is 5.88 Å². The van der Waals surface area contributed by atoms with Gasteiger partial charge in [0.25, 0.3) is 0 Å². The second-order valence-corrected chi connectivity index (χ2v) is 10.2. The fourth-order valence-electron chi connectivity index (χ4n) is 4.76. The number of pyridine rings is 1. The van der Waals surface area contributed by atoms with Gasteiger partial charge in [-0.1, -0.05) is 12.8 Å². The lowest BCUT2D eigenvalue weighted by atomic mass is 9.83. The number of likely N-dealkylation sites (tertiary alicyclic amines) is 1. The fraction of sp³-hybridized carbons (Fsp3) is 0.722. The average molecular weight is 368 g/mol. The highest BCUT2D eigenvalue weighted by Gasteiger charge is 2.61. The minimum atomic E-state index is -3.12. The summed E-state index contributed by atoms with van der Waals surface area (Å²) in [7, 11) is -3.12. The van der Waals surface area contributed by atoms with Gasteiger partial charge in [0.15, 0.2) is 15.7 Å². The van der Waals surface area contributed by atoms with E-state index in [2.05, 4.69) is 9.88 Å². The second-order valence-electron chi connectivity index (χ2n) is 7.79. The Morgan fingerprint density at radius 3 is 2.76 bits per heavy atom. The Bertz CT molecular complexity index is 728. The first-order chi connectivity index (χ1) is 12.0. The summed E-state index contributed by atoms with van der Waals surface area (Å²) in [6, 6.07) is 2.81. The maximum atomic E-state index is 13.7. The minimum absolute atomic E-state index is 0.0379. The van der Waals surface area contributed by atoms with E-state index in [1.807, 2.05) is 0 Å². The molecule has 4 rings (SSSR count). The topological polar surface area (TPSA) is 59.5 Å². The molecule has 25 heavy (non-hydrogen) atoms. The van der Waals surface area contributed by atoms with Crippen LogP contribution in [0.2, 0.25) is 0 Å². The molecule has 3 aliphatic rings. The molecular weight excluding hydrogens is 343 g/mol. The van der Waals surface area contributed by atoms with Crippen molar-refractivity contribution in [2.75, 3.05) is 32.0 Å². The van der Waals surface area contributed by atoms with Crippen LogP contribution in [0.5, 0.6) is 5.88 Å². The molecule has 7 heteroatoms. The first-order valence-corrected chi connectivity index (χ1v) is 10.8. The van der Waals surface area contributed by atoms with Gasteiger partial charge in [0.1, 0.15) is 4.75 Å². The molecule has 1 aromatic rings. The Morgan fingerprint density at radius 1 is 1.28 bits per heavy atom. The van der Waals surface area contributed by atoms with Crippen LogP contribution in [-0.4, -0.2) is 55.0 Å². The highest BCUT2D eigenvalue weighted by molar-refractivity contribution is 7.93. The molecule has 0 radical (unpaired) electrons. The number of sulfone groups is 1. The van der Waals surface area contributed by atoms with E-state index < -0.39 is 20.4 Å². The minimum Gasteiger partial charge on any atom is -0.475 e. The third-order valence-electron chi connectivity index (χ3n) is 6.22. The second kappa shape index (κ2) is 6.50. The van der Waals surface area contributed by atoms with Crippen LogP contribution >= 0.6 is 0 Å². The van der Waals surface area contributed by atoms with Crippen molar-refractivity contribution in [1.29, 1.82) is 0 Å². The van der Waals surface area contributed by atoms with Crippen molar-refractivity contribution in [2.24, 2.45) is 11.8 Å². The third-order valence-corrected chi connectivity index (χ3v) is 8.82. The van der Waals surface area contributed by atoms with E-state index in [0.717, 1.165) is 12.5 Å². The number of nitrogens with zero attached hydrogens (tertiary/aromatic N) is 2. The van der Waals surface area contributed by atoms with E-state index >= 15 is 0 Å². The number of hydrogen-bond acceptors (Lipinski definition) is 5. The summed E-state index contributed by atoms with van der Waals surface area (Å²) in [6.45, 7) is 2.43. The lowest BCUT2D eigenvalue weighted by Gasteiger charge is -2.50. The molecule has 1 atom stereocenters. The first kappa shape index (κ1) is 17.2. The van der Waals surface area contributed by atoms with Crippen molar-refractivity contribution in [3.05, 3.63) is 24.1 Å². The first-order valence-electron chi connectivity index (χ1n) is 9.18. The molecule has 5 nitrogen and oxygen atoms in total. The van der Waals surface area contributed by atoms with E-state index in [9.17, 15) is 12.8 Å². The van der Waals surface area contributed by atoms with Crippen molar-refractivity contribution in [3.8, 4) is 5.88 Å². The third kappa shape index (κ3) is 3.05. The molecule has 3 fully saturated rings. The Morgan fingerprint density at radius 2 is 2.04 bits per heavy atom. The van der Waals surface area contributed by atoms with Gasteiger partial charge in [-0.25, -0.2) is 17.8 Å². The molecular formula is C18H25FN2O3S. The molecule has 1 aliphatic carbocycles. The zero-order valence-corrected chi connectivity index (χ0v) is 15.2. The quantitative estimate of drug-likeness (QED) is 0.798. The molecule has 0 N–H and O–H groups in total. The van der Waals surface area contributed by atoms with Crippen molar-refractivity contribution in [1.82, 2.24) is 9.88 Å². The van der Waals surface area contributed by atoms with Gasteiger partial charge < -0.3 is 4.74 Å². The monoisotopic (exact) mass is 368 g/mol. The van der Waals surface area contributed by atoms with Crippen LogP contribution in [0.3, 0.4) is 0 Å². The summed E-state index contributed by atoms with van der Waals surface area (Å²) in [5.74, 6) is 0.304. The molecule has 1 spiro atoms. The van der Waals surface area contributed by atoms with Crippen LogP contribution in [-0.2, 0) is 9.84 Å². The number of hydrogen-bond donors (Lipinski definition) is 0. The standard InChI is InChI=1S/C18H25FN2O3S/c19-16-6-3-8-20-17(16)24-11-15-7-9-25(22,23)18(15)12-21(13-18)10-14-4-1-2-5-14/h3,6,8,14-15H,1-2,4-5,7,9-13H2. The summed E-state index contributed by atoms with van der Waals surface area (Å²) < 4.78 is 43.9. The van der Waals surface area contributed by atoms with E-state index in [4.69, 9.17) is 4.74 Å². The van der Waals surface area contributed by atoms with Crippen LogP contribution in [0, 0.1) is 17.7 Å². The summed E-state index contributed by atoms with van der Waals surface area (Å²) >= 11 is 0. The van der Waals surface area contributed by atoms with Crippen LogP contribution < -0.4 is 4.74 Å². The molecule has 1 saturated carbocycles. The maximum absolute atomic E-state index is 13.7. The van der Waals surface area contributed by atoms with Gasteiger partial charge in [-0.05, 0) is 37.3 Å². The fourth-order valence-corrected chi connectivity index (χ4v) is 7.22. The number of halogens is 1. The highest BCUT2D eigenvalue weighted by Crippen LogP contribution is 2.45. The lowest BCUT2D eigenvalue weighted by molar-refractivity contribution is 0.0515. The number of ether oxygens (including phenoxy) is 1. The van der Waals surface area contributed by atoms with Gasteiger partial charge in [0.05, 0.1) is 12.4 Å². The van der Waals surface area contributed by atoms with E-state index in [0.29, 0.717) is 19.5 Å². The van der Waals surface area contributed by atoms with Crippen molar-refractivity contribution < 1.29 is 17.5 Å². The molecule has 1 unspecified atom stereocenters. The normalized spacial score (nSPS) is 28.3. The molecule has 2 saturated heterocycles. The van der Waals surface area contributed by atoms with Crippen LogP contribution in [0.4, 0.5) is 4.39 Å². The van der Waals surface area contributed by atoms with Crippen molar-refractivity contribution >= 4 is 9.84 Å². The molecule has 2 aliphatic heterocycles. The summed E-state index contributed by atoms with van der Waals surface area (Å²) in [6.07, 6.45) is 7.20. The van der Waals surface area contributed by atoms with E-state index in [-0.39, 0.29) is 24.2 Å². The van der Waals surface area contributed by atoms with Crippen molar-refractivity contribution in [3.63, 3.8) is 0 Å². The molecule has 1 aromatic heterocycles. The predicted molar refractivity (Wildman–Crippen MR) is 92.7 cm³/mol. The molecule has 0 bridgehead atoms. The predicted octanol–water partition coefficient (Wildman–Crippen LogP) is 2.28. The Balaban J connectivity index is 1.41. The SMILES string of the molecule is O=S1(=O)CCC(COc2ncccc2F)C12CN(CC1CCCC1)C2. The Hall–Kier alpha value is -1.21. The zero-order chi connectivity index (χ0) is 17.5. The summed E-state index contributed by atoms with van der Waals surface area (Å²) in [5.41, 5.74) is 0.